The smallest absolute Gasteiger partial charge is 0.337 e. The molecular weight excluding hydrogens is 466 g/mol. The van der Waals surface area contributed by atoms with Gasteiger partial charge in [0.15, 0.2) is 0 Å². The van der Waals surface area contributed by atoms with Crippen molar-refractivity contribution < 1.29 is 14.5 Å². The van der Waals surface area contributed by atoms with E-state index in [1.807, 2.05) is 73.7 Å². The van der Waals surface area contributed by atoms with E-state index in [4.69, 9.17) is 4.74 Å². The Morgan fingerprint density at radius 3 is 2.54 bits per heavy atom. The molecule has 1 aliphatic heterocycles. The van der Waals surface area contributed by atoms with Crippen LogP contribution in [0, 0.1) is 10.1 Å². The minimum Gasteiger partial charge on any atom is -0.458 e. The second kappa shape index (κ2) is 11.8. The van der Waals surface area contributed by atoms with Gasteiger partial charge in [0.2, 0.25) is 0 Å². The predicted molar refractivity (Wildman–Crippen MR) is 144 cm³/mol. The van der Waals surface area contributed by atoms with E-state index in [0.29, 0.717) is 22.5 Å². The van der Waals surface area contributed by atoms with Crippen LogP contribution in [0.25, 0.3) is 11.6 Å². The Morgan fingerprint density at radius 2 is 1.81 bits per heavy atom. The van der Waals surface area contributed by atoms with Gasteiger partial charge in [-0.25, -0.2) is 4.79 Å². The number of ether oxygens (including phenoxy) is 1. The molecule has 0 amide bonds. The number of allylic oxidation sites excluding steroid dienone is 5. The molecule has 4 rings (SSSR count). The monoisotopic (exact) mass is 493 g/mol. The lowest BCUT2D eigenvalue weighted by atomic mass is 9.79. The van der Waals surface area contributed by atoms with Crippen molar-refractivity contribution in [1.82, 2.24) is 10.3 Å². The van der Waals surface area contributed by atoms with Gasteiger partial charge in [0.1, 0.15) is 6.61 Å². The number of non-ortho nitro benzene ring substituents is 1. The van der Waals surface area contributed by atoms with Crippen molar-refractivity contribution in [1.29, 1.82) is 0 Å². The highest BCUT2D eigenvalue weighted by Gasteiger charge is 2.35. The van der Waals surface area contributed by atoms with E-state index in [1.165, 1.54) is 12.1 Å². The summed E-state index contributed by atoms with van der Waals surface area (Å²) in [7, 11) is 0. The zero-order chi connectivity index (χ0) is 26.2. The number of benzene rings is 2. The van der Waals surface area contributed by atoms with Crippen LogP contribution in [0.5, 0.6) is 0 Å². The fourth-order valence-corrected chi connectivity index (χ4v) is 4.34. The van der Waals surface area contributed by atoms with Crippen molar-refractivity contribution in [3.05, 3.63) is 141 Å². The molecule has 0 bridgehead atoms. The molecule has 1 unspecified atom stereocenters. The van der Waals surface area contributed by atoms with Crippen LogP contribution >= 0.6 is 0 Å². The molecule has 0 saturated heterocycles. The molecule has 0 aliphatic carbocycles. The third-order valence-electron chi connectivity index (χ3n) is 5.98. The normalized spacial score (nSPS) is 15.8. The van der Waals surface area contributed by atoms with Crippen molar-refractivity contribution in [2.24, 2.45) is 0 Å². The van der Waals surface area contributed by atoms with Crippen molar-refractivity contribution in [3.63, 3.8) is 0 Å². The van der Waals surface area contributed by atoms with Gasteiger partial charge >= 0.3 is 5.97 Å². The number of carbonyl (C=O) groups is 1. The van der Waals surface area contributed by atoms with Crippen molar-refractivity contribution >= 4 is 23.3 Å². The molecule has 1 N–H and O–H groups in total. The van der Waals surface area contributed by atoms with E-state index >= 15 is 0 Å². The van der Waals surface area contributed by atoms with Gasteiger partial charge in [-0.3, -0.25) is 15.1 Å². The first-order chi connectivity index (χ1) is 18.0. The average molecular weight is 494 g/mol. The van der Waals surface area contributed by atoms with E-state index in [-0.39, 0.29) is 12.3 Å². The Hall–Kier alpha value is -4.78. The molecule has 0 saturated carbocycles. The molecule has 186 valence electrons. The fourth-order valence-electron chi connectivity index (χ4n) is 4.34. The van der Waals surface area contributed by atoms with Crippen LogP contribution in [-0.2, 0) is 9.53 Å². The number of nitro groups is 1. The van der Waals surface area contributed by atoms with Crippen LogP contribution in [0.3, 0.4) is 0 Å². The minimum atomic E-state index is -0.592. The number of aromatic nitrogens is 1. The number of hydrogen-bond acceptors (Lipinski definition) is 6. The summed E-state index contributed by atoms with van der Waals surface area (Å²) in [5.74, 6) is -1.09. The molecule has 3 aromatic rings. The van der Waals surface area contributed by atoms with Gasteiger partial charge in [0, 0.05) is 41.2 Å². The lowest BCUT2D eigenvalue weighted by Crippen LogP contribution is -2.29. The molecule has 7 heteroatoms. The highest BCUT2D eigenvalue weighted by molar-refractivity contribution is 5.97. The van der Waals surface area contributed by atoms with Gasteiger partial charge in [-0.15, -0.1) is 0 Å². The van der Waals surface area contributed by atoms with Gasteiger partial charge in [-0.1, -0.05) is 66.8 Å². The molecule has 0 spiro atoms. The highest BCUT2D eigenvalue weighted by Crippen LogP contribution is 2.43. The Kier molecular flexibility index (Phi) is 8.05. The summed E-state index contributed by atoms with van der Waals surface area (Å²) in [4.78, 5) is 29.0. The summed E-state index contributed by atoms with van der Waals surface area (Å²) < 4.78 is 5.62. The molecule has 7 nitrogen and oxygen atoms in total. The SMILES string of the molecule is CC1=C(C(=O)OC/C=C/C=C/c2ccccc2)C(c2cccc([N+](=O)[O-])c2)C(c2ccccn2)=C(C)N1. The Morgan fingerprint density at radius 1 is 1.03 bits per heavy atom. The summed E-state index contributed by atoms with van der Waals surface area (Å²) in [6.45, 7) is 3.79. The second-order valence-electron chi connectivity index (χ2n) is 8.50. The summed E-state index contributed by atoms with van der Waals surface area (Å²) in [5, 5.41) is 14.8. The molecule has 1 aliphatic rings. The third kappa shape index (κ3) is 6.08. The third-order valence-corrected chi connectivity index (χ3v) is 5.98. The van der Waals surface area contributed by atoms with Gasteiger partial charge in [-0.05, 0) is 43.2 Å². The zero-order valence-corrected chi connectivity index (χ0v) is 20.6. The summed E-state index contributed by atoms with van der Waals surface area (Å²) >= 11 is 0. The van der Waals surface area contributed by atoms with Gasteiger partial charge in [-0.2, -0.15) is 0 Å². The number of carbonyl (C=O) groups excluding carboxylic acids is 1. The van der Waals surface area contributed by atoms with Crippen LogP contribution in [0.1, 0.15) is 36.6 Å². The van der Waals surface area contributed by atoms with E-state index in [0.717, 1.165) is 16.8 Å². The molecular formula is C30H27N3O4. The maximum absolute atomic E-state index is 13.4. The van der Waals surface area contributed by atoms with Crippen molar-refractivity contribution in [2.45, 2.75) is 19.8 Å². The summed E-state index contributed by atoms with van der Waals surface area (Å²) in [6.07, 6.45) is 9.10. The minimum absolute atomic E-state index is 0.0486. The fraction of sp³-hybridized carbons (Fsp3) is 0.133. The molecule has 1 atom stereocenters. The maximum atomic E-state index is 13.4. The number of pyridine rings is 1. The maximum Gasteiger partial charge on any atom is 0.337 e. The first-order valence-electron chi connectivity index (χ1n) is 11.9. The van der Waals surface area contributed by atoms with Gasteiger partial charge in [0.25, 0.3) is 5.69 Å². The second-order valence-corrected chi connectivity index (χ2v) is 8.50. The summed E-state index contributed by atoms with van der Waals surface area (Å²) in [5.41, 5.74) is 4.91. The number of dihydropyridines is 1. The first-order valence-corrected chi connectivity index (χ1v) is 11.9. The number of rotatable bonds is 8. The van der Waals surface area contributed by atoms with E-state index in [1.54, 1.807) is 31.3 Å². The van der Waals surface area contributed by atoms with Crippen LogP contribution in [-0.4, -0.2) is 22.5 Å². The topological polar surface area (TPSA) is 94.4 Å². The Labute approximate surface area is 215 Å². The van der Waals surface area contributed by atoms with Crippen molar-refractivity contribution in [2.75, 3.05) is 6.61 Å². The van der Waals surface area contributed by atoms with Crippen molar-refractivity contribution in [3.8, 4) is 0 Å². The zero-order valence-electron chi connectivity index (χ0n) is 20.6. The van der Waals surface area contributed by atoms with E-state index in [9.17, 15) is 14.9 Å². The number of nitrogens with one attached hydrogen (secondary N) is 1. The molecule has 2 heterocycles. The first kappa shape index (κ1) is 25.3. The lowest BCUT2D eigenvalue weighted by molar-refractivity contribution is -0.384. The molecule has 2 aromatic carbocycles. The summed E-state index contributed by atoms with van der Waals surface area (Å²) in [6, 6.07) is 21.8. The quantitative estimate of drug-likeness (QED) is 0.174. The van der Waals surface area contributed by atoms with Crippen LogP contribution in [0.4, 0.5) is 5.69 Å². The van der Waals surface area contributed by atoms with Gasteiger partial charge < -0.3 is 10.1 Å². The van der Waals surface area contributed by atoms with E-state index < -0.39 is 16.8 Å². The number of hydrogen-bond donors (Lipinski definition) is 1. The largest absolute Gasteiger partial charge is 0.458 e. The van der Waals surface area contributed by atoms with Gasteiger partial charge in [0.05, 0.1) is 16.2 Å². The highest BCUT2D eigenvalue weighted by atomic mass is 16.6. The average Bonchev–Trinajstić information content (AvgIpc) is 2.91. The number of nitrogens with zero attached hydrogens (tertiary/aromatic N) is 2. The Balaban J connectivity index is 1.62. The molecule has 0 radical (unpaired) electrons. The van der Waals surface area contributed by atoms with E-state index in [2.05, 4.69) is 10.3 Å². The molecule has 0 fully saturated rings. The Bertz CT molecular complexity index is 1410. The number of nitro benzene ring substituents is 1. The predicted octanol–water partition coefficient (Wildman–Crippen LogP) is 6.19. The standard InChI is InChI=1S/C30H27N3O4/c1-21-27(26-17-8-9-18-31-26)29(24-15-11-16-25(20-24)33(35)36)28(22(2)32-21)30(34)37-19-10-4-7-14-23-12-5-3-6-13-23/h3-18,20,29,32H,19H2,1-2H3/b10-4+,14-7+. The van der Waals surface area contributed by atoms with Crippen LogP contribution in [0.2, 0.25) is 0 Å². The molecule has 37 heavy (non-hydrogen) atoms. The van der Waals surface area contributed by atoms with Crippen LogP contribution < -0.4 is 5.32 Å². The number of esters is 1. The lowest BCUT2D eigenvalue weighted by Gasteiger charge is -2.31. The van der Waals surface area contributed by atoms with Crippen LogP contribution in [0.15, 0.2) is 114 Å². The molecule has 1 aromatic heterocycles.